The Morgan fingerprint density at radius 1 is 0.763 bits per heavy atom. The van der Waals surface area contributed by atoms with Gasteiger partial charge in [-0.25, -0.2) is 4.98 Å². The molecule has 3 N–H and O–H groups in total. The Kier molecular flexibility index (Phi) is 14.7. The highest BCUT2D eigenvalue weighted by Gasteiger charge is 2.17. The van der Waals surface area contributed by atoms with Crippen molar-refractivity contribution in [3.63, 3.8) is 0 Å². The molecule has 0 radical (unpaired) electrons. The van der Waals surface area contributed by atoms with Gasteiger partial charge >= 0.3 is 0 Å². The Morgan fingerprint density at radius 2 is 1.45 bits per heavy atom. The second kappa shape index (κ2) is 17.1. The molecule has 0 spiro atoms. The first-order valence-electron chi connectivity index (χ1n) is 14.1. The summed E-state index contributed by atoms with van der Waals surface area (Å²) in [5.41, 5.74) is 12.7. The van der Waals surface area contributed by atoms with Crippen molar-refractivity contribution in [1.82, 2.24) is 4.98 Å². The largest absolute Gasteiger partial charge is 0.508 e. The summed E-state index contributed by atoms with van der Waals surface area (Å²) in [5.74, 6) is 0.233. The number of hydrogen-bond donors (Lipinski definition) is 2. The summed E-state index contributed by atoms with van der Waals surface area (Å²) in [5, 5.41) is 10.7. The number of phenols is 1. The lowest BCUT2D eigenvalue weighted by Crippen LogP contribution is -2.30. The SMILES string of the molecule is CC.CC.CC.CC(C)(N)c1ccccc1CCCc1cccc(/C=C/c2ccc3ccc(O)cc3n2)c1. The molecule has 4 rings (SSSR count). The molecule has 0 aliphatic carbocycles. The molecule has 204 valence electrons. The van der Waals surface area contributed by atoms with E-state index in [4.69, 9.17) is 5.73 Å². The molecule has 0 aliphatic rings. The van der Waals surface area contributed by atoms with Gasteiger partial charge in [-0.05, 0) is 79.6 Å². The van der Waals surface area contributed by atoms with Crippen molar-refractivity contribution in [1.29, 1.82) is 0 Å². The van der Waals surface area contributed by atoms with E-state index in [0.29, 0.717) is 0 Å². The zero-order valence-corrected chi connectivity index (χ0v) is 24.8. The van der Waals surface area contributed by atoms with Gasteiger partial charge in [0, 0.05) is 17.0 Å². The number of phenolic OH excluding ortho intramolecular Hbond substituents is 1. The van der Waals surface area contributed by atoms with Crippen molar-refractivity contribution < 1.29 is 5.11 Å². The first-order valence-corrected chi connectivity index (χ1v) is 14.1. The molecule has 3 nitrogen and oxygen atoms in total. The fourth-order valence-corrected chi connectivity index (χ4v) is 4.10. The maximum Gasteiger partial charge on any atom is 0.117 e. The van der Waals surface area contributed by atoms with E-state index in [1.165, 1.54) is 16.7 Å². The summed E-state index contributed by atoms with van der Waals surface area (Å²) in [6.07, 6.45) is 7.23. The van der Waals surface area contributed by atoms with Crippen LogP contribution in [0, 0.1) is 0 Å². The highest BCUT2D eigenvalue weighted by Crippen LogP contribution is 2.23. The fraction of sp³-hybridized carbons (Fsp3) is 0.343. The number of aryl methyl sites for hydroxylation is 2. The maximum atomic E-state index is 9.69. The fourth-order valence-electron chi connectivity index (χ4n) is 4.10. The van der Waals surface area contributed by atoms with Gasteiger partial charge in [-0.3, -0.25) is 0 Å². The summed E-state index contributed by atoms with van der Waals surface area (Å²) in [6, 6.07) is 26.4. The summed E-state index contributed by atoms with van der Waals surface area (Å²) in [7, 11) is 0. The lowest BCUT2D eigenvalue weighted by molar-refractivity contribution is 0.476. The van der Waals surface area contributed by atoms with E-state index in [0.717, 1.165) is 41.4 Å². The smallest absolute Gasteiger partial charge is 0.117 e. The van der Waals surface area contributed by atoms with Crippen LogP contribution < -0.4 is 5.73 Å². The number of fused-ring (bicyclic) bond motifs is 1. The topological polar surface area (TPSA) is 59.1 Å². The van der Waals surface area contributed by atoms with Gasteiger partial charge < -0.3 is 10.8 Å². The molecular weight excluding hydrogens is 464 g/mol. The lowest BCUT2D eigenvalue weighted by Gasteiger charge is -2.23. The molecule has 4 aromatic rings. The second-order valence-corrected chi connectivity index (χ2v) is 8.92. The Labute approximate surface area is 231 Å². The van der Waals surface area contributed by atoms with E-state index in [2.05, 4.69) is 73.4 Å². The van der Waals surface area contributed by atoms with Crippen molar-refractivity contribution in [2.45, 2.75) is 80.2 Å². The van der Waals surface area contributed by atoms with Crippen LogP contribution in [0.5, 0.6) is 5.75 Å². The van der Waals surface area contributed by atoms with Crippen LogP contribution >= 0.6 is 0 Å². The number of nitrogens with zero attached hydrogens (tertiary/aromatic N) is 1. The van der Waals surface area contributed by atoms with Crippen LogP contribution in [0.25, 0.3) is 23.1 Å². The van der Waals surface area contributed by atoms with Crippen molar-refractivity contribution in [2.75, 3.05) is 0 Å². The van der Waals surface area contributed by atoms with Crippen LogP contribution in [-0.4, -0.2) is 10.1 Å². The molecule has 0 bridgehead atoms. The van der Waals surface area contributed by atoms with Crippen LogP contribution in [0.3, 0.4) is 0 Å². The number of aromatic hydroxyl groups is 1. The Bertz CT molecular complexity index is 1250. The molecule has 0 saturated heterocycles. The minimum Gasteiger partial charge on any atom is -0.508 e. The van der Waals surface area contributed by atoms with Gasteiger partial charge in [-0.1, -0.05) is 102 Å². The van der Waals surface area contributed by atoms with E-state index in [1.54, 1.807) is 12.1 Å². The summed E-state index contributed by atoms with van der Waals surface area (Å²) in [4.78, 5) is 4.63. The molecule has 1 heterocycles. The summed E-state index contributed by atoms with van der Waals surface area (Å²) < 4.78 is 0. The predicted octanol–water partition coefficient (Wildman–Crippen LogP) is 9.56. The highest BCUT2D eigenvalue weighted by molar-refractivity contribution is 5.82. The third-order valence-electron chi connectivity index (χ3n) is 5.72. The first-order chi connectivity index (χ1) is 18.4. The minimum atomic E-state index is -0.323. The van der Waals surface area contributed by atoms with Crippen LogP contribution in [0.1, 0.15) is 89.8 Å². The molecule has 3 heteroatoms. The van der Waals surface area contributed by atoms with Gasteiger partial charge in [0.15, 0.2) is 0 Å². The number of hydrogen-bond acceptors (Lipinski definition) is 3. The molecular formula is C35H48N2O. The minimum absolute atomic E-state index is 0.233. The zero-order valence-electron chi connectivity index (χ0n) is 24.8. The standard InChI is InChI=1S/C29H30N2O.3C2H6/c1-29(2,30)27-12-4-3-10-23(27)11-6-9-21-7-5-8-22(19-21)13-16-25-17-14-24-15-18-26(32)20-28(24)31-25;3*1-2/h3-5,7-8,10,12-20,32H,6,9,11,30H2,1-2H3;3*1-2H3/b16-13+;;;. The molecule has 0 fully saturated rings. The monoisotopic (exact) mass is 512 g/mol. The molecule has 0 saturated carbocycles. The third kappa shape index (κ3) is 10.1. The van der Waals surface area contributed by atoms with E-state index >= 15 is 0 Å². The van der Waals surface area contributed by atoms with E-state index < -0.39 is 0 Å². The van der Waals surface area contributed by atoms with Gasteiger partial charge in [0.2, 0.25) is 0 Å². The number of benzene rings is 3. The van der Waals surface area contributed by atoms with Gasteiger partial charge in [-0.2, -0.15) is 0 Å². The number of pyridine rings is 1. The maximum absolute atomic E-state index is 9.69. The number of rotatable bonds is 7. The molecule has 38 heavy (non-hydrogen) atoms. The molecule has 0 atom stereocenters. The van der Waals surface area contributed by atoms with E-state index in [1.807, 2.05) is 65.8 Å². The number of nitrogens with two attached hydrogens (primary N) is 1. The van der Waals surface area contributed by atoms with Gasteiger partial charge in [0.1, 0.15) is 5.75 Å². The van der Waals surface area contributed by atoms with Gasteiger partial charge in [0.25, 0.3) is 0 Å². The van der Waals surface area contributed by atoms with Crippen LogP contribution in [0.15, 0.2) is 78.9 Å². The van der Waals surface area contributed by atoms with Crippen molar-refractivity contribution >= 4 is 23.1 Å². The van der Waals surface area contributed by atoms with Crippen molar-refractivity contribution in [2.24, 2.45) is 5.73 Å². The number of aromatic nitrogens is 1. The molecule has 0 aliphatic heterocycles. The predicted molar refractivity (Wildman–Crippen MR) is 169 cm³/mol. The summed E-state index contributed by atoms with van der Waals surface area (Å²) >= 11 is 0. The average Bonchev–Trinajstić information content (AvgIpc) is 2.95. The Hall–Kier alpha value is -3.43. The van der Waals surface area contributed by atoms with Gasteiger partial charge in [0.05, 0.1) is 11.2 Å². The van der Waals surface area contributed by atoms with Crippen molar-refractivity contribution in [3.05, 3.63) is 107 Å². The molecule has 3 aromatic carbocycles. The van der Waals surface area contributed by atoms with Gasteiger partial charge in [-0.15, -0.1) is 0 Å². The van der Waals surface area contributed by atoms with E-state index in [9.17, 15) is 5.11 Å². The normalized spacial score (nSPS) is 10.6. The van der Waals surface area contributed by atoms with Crippen LogP contribution in [0.2, 0.25) is 0 Å². The lowest BCUT2D eigenvalue weighted by atomic mass is 9.88. The Balaban J connectivity index is 0.00000112. The zero-order chi connectivity index (χ0) is 28.6. The second-order valence-electron chi connectivity index (χ2n) is 8.92. The quantitative estimate of drug-likeness (QED) is 0.259. The molecule has 0 unspecified atom stereocenters. The first kappa shape index (κ1) is 32.6. The summed E-state index contributed by atoms with van der Waals surface area (Å²) in [6.45, 7) is 16.1. The van der Waals surface area contributed by atoms with Crippen LogP contribution in [-0.2, 0) is 18.4 Å². The molecule has 0 amide bonds. The third-order valence-corrected chi connectivity index (χ3v) is 5.72. The molecule has 1 aromatic heterocycles. The van der Waals surface area contributed by atoms with Crippen molar-refractivity contribution in [3.8, 4) is 5.75 Å². The highest BCUT2D eigenvalue weighted by atomic mass is 16.3. The average molecular weight is 513 g/mol. The van der Waals surface area contributed by atoms with E-state index in [-0.39, 0.29) is 11.3 Å². The van der Waals surface area contributed by atoms with Crippen LogP contribution in [0.4, 0.5) is 0 Å². The Morgan fingerprint density at radius 3 is 2.16 bits per heavy atom.